The van der Waals surface area contributed by atoms with Crippen molar-refractivity contribution in [2.75, 3.05) is 18.9 Å². The van der Waals surface area contributed by atoms with E-state index in [2.05, 4.69) is 0 Å². The number of cyclic esters (lactones) is 1. The Morgan fingerprint density at radius 3 is 2.44 bits per heavy atom. The lowest BCUT2D eigenvalue weighted by Gasteiger charge is -2.34. The van der Waals surface area contributed by atoms with E-state index in [1.807, 2.05) is 38.1 Å². The summed E-state index contributed by atoms with van der Waals surface area (Å²) in [6.07, 6.45) is -0.248. The number of anilines is 1. The molecule has 1 heterocycles. The van der Waals surface area contributed by atoms with Crippen LogP contribution in [0.1, 0.15) is 19.4 Å². The van der Waals surface area contributed by atoms with Gasteiger partial charge in [-0.25, -0.2) is 4.79 Å². The normalized spacial score (nSPS) is 16.4. The maximum atomic E-state index is 11.5. The van der Waals surface area contributed by atoms with Crippen molar-refractivity contribution < 1.29 is 9.53 Å². The average molecular weight is 220 g/mol. The van der Waals surface area contributed by atoms with E-state index in [4.69, 9.17) is 10.5 Å². The third-order valence-electron chi connectivity index (χ3n) is 3.05. The van der Waals surface area contributed by atoms with E-state index in [9.17, 15) is 4.79 Å². The molecular weight excluding hydrogens is 204 g/mol. The Bertz CT molecular complexity index is 398. The van der Waals surface area contributed by atoms with Gasteiger partial charge in [-0.15, -0.1) is 0 Å². The first-order valence-corrected chi connectivity index (χ1v) is 5.32. The summed E-state index contributed by atoms with van der Waals surface area (Å²) in [4.78, 5) is 13.3. The van der Waals surface area contributed by atoms with E-state index < -0.39 is 0 Å². The second kappa shape index (κ2) is 3.70. The first-order valence-electron chi connectivity index (χ1n) is 5.32. The van der Waals surface area contributed by atoms with E-state index in [1.165, 1.54) is 0 Å². The Morgan fingerprint density at radius 2 is 1.94 bits per heavy atom. The Hall–Kier alpha value is -1.71. The molecule has 1 amide bonds. The first-order chi connectivity index (χ1) is 7.51. The summed E-state index contributed by atoms with van der Waals surface area (Å²) in [6.45, 7) is 5.11. The van der Waals surface area contributed by atoms with Gasteiger partial charge in [0, 0.05) is 5.69 Å². The van der Waals surface area contributed by atoms with E-state index in [0.29, 0.717) is 13.2 Å². The largest absolute Gasteiger partial charge is 0.448 e. The van der Waals surface area contributed by atoms with Gasteiger partial charge in [-0.3, -0.25) is 4.90 Å². The van der Waals surface area contributed by atoms with E-state index >= 15 is 0 Å². The smallest absolute Gasteiger partial charge is 0.410 e. The van der Waals surface area contributed by atoms with Gasteiger partial charge in [0.25, 0.3) is 0 Å². The van der Waals surface area contributed by atoms with Crippen LogP contribution in [0.25, 0.3) is 0 Å². The Kier molecular flexibility index (Phi) is 2.50. The number of amides is 1. The fourth-order valence-electron chi connectivity index (χ4n) is 1.95. The molecule has 1 aromatic carbocycles. The van der Waals surface area contributed by atoms with E-state index in [-0.39, 0.29) is 11.6 Å². The van der Waals surface area contributed by atoms with Crippen LogP contribution in [0, 0.1) is 0 Å². The molecule has 0 aromatic heterocycles. The van der Waals surface area contributed by atoms with Crippen molar-refractivity contribution in [3.63, 3.8) is 0 Å². The third-order valence-corrected chi connectivity index (χ3v) is 3.05. The van der Waals surface area contributed by atoms with Gasteiger partial charge in [0.2, 0.25) is 0 Å². The molecular formula is C12H16N2O2. The van der Waals surface area contributed by atoms with Crippen LogP contribution in [-0.2, 0) is 10.3 Å². The maximum Gasteiger partial charge on any atom is 0.410 e. The van der Waals surface area contributed by atoms with Crippen molar-refractivity contribution in [3.8, 4) is 0 Å². The molecule has 0 saturated carbocycles. The van der Waals surface area contributed by atoms with Gasteiger partial charge in [-0.2, -0.15) is 0 Å². The van der Waals surface area contributed by atoms with Crippen molar-refractivity contribution in [2.45, 2.75) is 19.4 Å². The molecule has 1 aromatic rings. The minimum absolute atomic E-state index is 0.248. The van der Waals surface area contributed by atoms with E-state index in [1.54, 1.807) is 4.90 Å². The molecule has 1 fully saturated rings. The number of hydrogen-bond acceptors (Lipinski definition) is 3. The van der Waals surface area contributed by atoms with Gasteiger partial charge in [0.15, 0.2) is 0 Å². The molecule has 0 atom stereocenters. The van der Waals surface area contributed by atoms with Gasteiger partial charge in [-0.1, -0.05) is 12.1 Å². The SMILES string of the molecule is CC(C)(c1ccc(N)cc1)N1CCOC1=O. The van der Waals surface area contributed by atoms with Gasteiger partial charge in [0.1, 0.15) is 6.61 Å². The van der Waals surface area contributed by atoms with Gasteiger partial charge >= 0.3 is 6.09 Å². The lowest BCUT2D eigenvalue weighted by Crippen LogP contribution is -2.42. The summed E-state index contributed by atoms with van der Waals surface area (Å²) < 4.78 is 4.96. The standard InChI is InChI=1S/C12H16N2O2/c1-12(2,14-7-8-16-11(14)15)9-3-5-10(13)6-4-9/h3-6H,7-8,13H2,1-2H3. The number of hydrogen-bond donors (Lipinski definition) is 1. The molecule has 1 saturated heterocycles. The number of carbonyl (C=O) groups excluding carboxylic acids is 1. The zero-order chi connectivity index (χ0) is 11.8. The number of benzene rings is 1. The summed E-state index contributed by atoms with van der Waals surface area (Å²) in [7, 11) is 0. The topological polar surface area (TPSA) is 55.6 Å². The monoisotopic (exact) mass is 220 g/mol. The number of nitrogens with zero attached hydrogens (tertiary/aromatic N) is 1. The summed E-state index contributed by atoms with van der Waals surface area (Å²) in [6, 6.07) is 7.58. The van der Waals surface area contributed by atoms with Crippen LogP contribution in [0.3, 0.4) is 0 Å². The predicted octanol–water partition coefficient (Wildman–Crippen LogP) is 1.96. The zero-order valence-corrected chi connectivity index (χ0v) is 9.56. The molecule has 1 aliphatic heterocycles. The molecule has 1 aliphatic rings. The fraction of sp³-hybridized carbons (Fsp3) is 0.417. The third kappa shape index (κ3) is 1.71. The van der Waals surface area contributed by atoms with Crippen LogP contribution in [0.2, 0.25) is 0 Å². The lowest BCUT2D eigenvalue weighted by atomic mass is 9.92. The lowest BCUT2D eigenvalue weighted by molar-refractivity contribution is 0.126. The van der Waals surface area contributed by atoms with Crippen molar-refractivity contribution >= 4 is 11.8 Å². The summed E-state index contributed by atoms with van der Waals surface area (Å²) in [5.74, 6) is 0. The Morgan fingerprint density at radius 1 is 1.31 bits per heavy atom. The quantitative estimate of drug-likeness (QED) is 0.775. The second-order valence-electron chi connectivity index (χ2n) is 4.45. The molecule has 16 heavy (non-hydrogen) atoms. The zero-order valence-electron chi connectivity index (χ0n) is 9.56. The van der Waals surface area contributed by atoms with Crippen LogP contribution < -0.4 is 5.73 Å². The molecule has 0 spiro atoms. The van der Waals surface area contributed by atoms with Crippen LogP contribution in [-0.4, -0.2) is 24.1 Å². The molecule has 0 bridgehead atoms. The average Bonchev–Trinajstić information content (AvgIpc) is 2.66. The highest BCUT2D eigenvalue weighted by atomic mass is 16.6. The minimum Gasteiger partial charge on any atom is -0.448 e. The molecule has 4 nitrogen and oxygen atoms in total. The van der Waals surface area contributed by atoms with Crippen molar-refractivity contribution in [1.82, 2.24) is 4.90 Å². The van der Waals surface area contributed by atoms with Gasteiger partial charge in [-0.05, 0) is 31.5 Å². The maximum absolute atomic E-state index is 11.5. The molecule has 0 unspecified atom stereocenters. The van der Waals surface area contributed by atoms with Crippen LogP contribution in [0.4, 0.5) is 10.5 Å². The van der Waals surface area contributed by atoms with Crippen LogP contribution >= 0.6 is 0 Å². The highest BCUT2D eigenvalue weighted by Gasteiger charge is 2.36. The van der Waals surface area contributed by atoms with Gasteiger partial charge < -0.3 is 10.5 Å². The Balaban J connectivity index is 2.30. The number of rotatable bonds is 2. The molecule has 86 valence electrons. The van der Waals surface area contributed by atoms with Crippen LogP contribution in [0.15, 0.2) is 24.3 Å². The number of nitrogens with two attached hydrogens (primary N) is 1. The van der Waals surface area contributed by atoms with Gasteiger partial charge in [0.05, 0.1) is 12.1 Å². The molecule has 0 aliphatic carbocycles. The summed E-state index contributed by atoms with van der Waals surface area (Å²) in [5.41, 5.74) is 7.07. The molecule has 2 rings (SSSR count). The van der Waals surface area contributed by atoms with Crippen molar-refractivity contribution in [3.05, 3.63) is 29.8 Å². The fourth-order valence-corrected chi connectivity index (χ4v) is 1.95. The number of ether oxygens (including phenoxy) is 1. The second-order valence-corrected chi connectivity index (χ2v) is 4.45. The Labute approximate surface area is 95.0 Å². The minimum atomic E-state index is -0.360. The highest BCUT2D eigenvalue weighted by molar-refractivity contribution is 5.70. The highest BCUT2D eigenvalue weighted by Crippen LogP contribution is 2.30. The first kappa shape index (κ1) is 10.8. The van der Waals surface area contributed by atoms with E-state index in [0.717, 1.165) is 11.3 Å². The molecule has 2 N–H and O–H groups in total. The van der Waals surface area contributed by atoms with Crippen molar-refractivity contribution in [2.24, 2.45) is 0 Å². The summed E-state index contributed by atoms with van der Waals surface area (Å²) >= 11 is 0. The van der Waals surface area contributed by atoms with Crippen LogP contribution in [0.5, 0.6) is 0 Å². The summed E-state index contributed by atoms with van der Waals surface area (Å²) in [5, 5.41) is 0. The predicted molar refractivity (Wildman–Crippen MR) is 61.9 cm³/mol. The molecule has 4 heteroatoms. The number of carbonyl (C=O) groups is 1. The number of nitrogen functional groups attached to an aromatic ring is 1. The van der Waals surface area contributed by atoms with Crippen molar-refractivity contribution in [1.29, 1.82) is 0 Å². The molecule has 0 radical (unpaired) electrons.